The molecule has 0 unspecified atom stereocenters. The Bertz CT molecular complexity index is 1180. The van der Waals surface area contributed by atoms with E-state index in [0.717, 1.165) is 5.56 Å². The lowest BCUT2D eigenvalue weighted by Gasteiger charge is -2.15. The molecule has 0 aromatic heterocycles. The summed E-state index contributed by atoms with van der Waals surface area (Å²) < 4.78 is 32.4. The highest BCUT2D eigenvalue weighted by Crippen LogP contribution is 2.40. The number of methoxy groups -OCH3 is 2. The zero-order chi connectivity index (χ0) is 24.2. The molecular formula is C25H25NO8. The van der Waals surface area contributed by atoms with Crippen LogP contribution in [0.4, 0.5) is 0 Å². The zero-order valence-electron chi connectivity index (χ0n) is 19.4. The average molecular weight is 467 g/mol. The maximum Gasteiger partial charge on any atom is 0.338 e. The molecule has 2 aromatic rings. The van der Waals surface area contributed by atoms with Crippen LogP contribution in [0.15, 0.2) is 41.5 Å². The van der Waals surface area contributed by atoms with Gasteiger partial charge in [0, 0.05) is 5.57 Å². The Balaban J connectivity index is 1.70. The number of carbonyl (C=O) groups excluding carboxylic acids is 2. The van der Waals surface area contributed by atoms with Gasteiger partial charge in [0.25, 0.3) is 0 Å². The molecule has 9 nitrogen and oxygen atoms in total. The first-order valence-electron chi connectivity index (χ1n) is 10.5. The number of hydrogen-bond donors (Lipinski definition) is 0. The topological polar surface area (TPSA) is 92.8 Å². The first-order valence-corrected chi connectivity index (χ1v) is 10.5. The lowest BCUT2D eigenvalue weighted by molar-refractivity contribution is -0.136. The molecule has 0 N–H and O–H groups in total. The standard InChI is InChI=1S/C25H25NO8/c1-26(2)12-23(27)34-22-11-16(10-21(29-3)24(22)30-4)8-18-17(13-31-25(18)28)7-15-5-6-19-20(9-15)33-14-32-19/h5-11H,12-14H2,1-4H3/b17-7-,18-8-. The van der Waals surface area contributed by atoms with Crippen LogP contribution in [0.2, 0.25) is 0 Å². The molecular weight excluding hydrogens is 442 g/mol. The van der Waals surface area contributed by atoms with Crippen molar-refractivity contribution < 1.29 is 38.0 Å². The molecule has 178 valence electrons. The van der Waals surface area contributed by atoms with E-state index in [0.29, 0.717) is 34.0 Å². The van der Waals surface area contributed by atoms with Crippen molar-refractivity contribution in [3.05, 3.63) is 52.6 Å². The van der Waals surface area contributed by atoms with E-state index in [4.69, 9.17) is 28.4 Å². The largest absolute Gasteiger partial charge is 0.493 e. The van der Waals surface area contributed by atoms with Crippen molar-refractivity contribution in [1.82, 2.24) is 4.90 Å². The van der Waals surface area contributed by atoms with Gasteiger partial charge in [0.15, 0.2) is 23.0 Å². The Morgan fingerprint density at radius 1 is 0.971 bits per heavy atom. The minimum absolute atomic E-state index is 0.0888. The van der Waals surface area contributed by atoms with E-state index in [1.54, 1.807) is 37.2 Å². The molecule has 0 amide bonds. The second-order valence-electron chi connectivity index (χ2n) is 7.88. The number of esters is 2. The minimum Gasteiger partial charge on any atom is -0.493 e. The third kappa shape index (κ3) is 4.99. The first kappa shape index (κ1) is 23.2. The van der Waals surface area contributed by atoms with Crippen LogP contribution in [0.5, 0.6) is 28.7 Å². The van der Waals surface area contributed by atoms with E-state index in [1.807, 2.05) is 24.3 Å². The summed E-state index contributed by atoms with van der Waals surface area (Å²) in [6, 6.07) is 8.84. The fourth-order valence-electron chi connectivity index (χ4n) is 3.59. The molecule has 2 aromatic carbocycles. The Morgan fingerprint density at radius 3 is 2.47 bits per heavy atom. The molecule has 1 fully saturated rings. The van der Waals surface area contributed by atoms with Crippen LogP contribution in [0.25, 0.3) is 12.2 Å². The van der Waals surface area contributed by atoms with Crippen molar-refractivity contribution in [2.24, 2.45) is 0 Å². The SMILES string of the molecule is COc1cc(/C=C2\C(=O)OC\C2=C\c2ccc3c(c2)OCO3)cc(OC(=O)CN(C)C)c1OC. The molecule has 34 heavy (non-hydrogen) atoms. The number of hydrogen-bond acceptors (Lipinski definition) is 9. The van der Waals surface area contributed by atoms with Crippen LogP contribution < -0.4 is 23.7 Å². The molecule has 0 atom stereocenters. The molecule has 2 heterocycles. The first-order chi connectivity index (χ1) is 16.4. The number of nitrogens with zero attached hydrogens (tertiary/aromatic N) is 1. The van der Waals surface area contributed by atoms with Gasteiger partial charge in [0.1, 0.15) is 6.61 Å². The highest BCUT2D eigenvalue weighted by molar-refractivity contribution is 6.03. The van der Waals surface area contributed by atoms with Crippen molar-refractivity contribution in [2.45, 2.75) is 0 Å². The Kier molecular flexibility index (Phi) is 6.74. The van der Waals surface area contributed by atoms with Crippen molar-refractivity contribution in [3.8, 4) is 28.7 Å². The third-order valence-corrected chi connectivity index (χ3v) is 5.11. The smallest absolute Gasteiger partial charge is 0.338 e. The van der Waals surface area contributed by atoms with Crippen LogP contribution >= 0.6 is 0 Å². The number of carbonyl (C=O) groups is 2. The molecule has 0 bridgehead atoms. The average Bonchev–Trinajstić information content (AvgIpc) is 3.39. The fraction of sp³-hybridized carbons (Fsp3) is 0.280. The molecule has 0 saturated carbocycles. The van der Waals surface area contributed by atoms with Crippen LogP contribution in [0.3, 0.4) is 0 Å². The lowest BCUT2D eigenvalue weighted by atomic mass is 10.0. The summed E-state index contributed by atoms with van der Waals surface area (Å²) >= 11 is 0. The summed E-state index contributed by atoms with van der Waals surface area (Å²) in [5.41, 5.74) is 2.50. The minimum atomic E-state index is -0.459. The highest BCUT2D eigenvalue weighted by atomic mass is 16.7. The quantitative estimate of drug-likeness (QED) is 0.346. The van der Waals surface area contributed by atoms with E-state index < -0.39 is 11.9 Å². The molecule has 2 aliphatic heterocycles. The summed E-state index contributed by atoms with van der Waals surface area (Å²) in [6.07, 6.45) is 3.52. The van der Waals surface area contributed by atoms with Gasteiger partial charge in [-0.3, -0.25) is 9.69 Å². The van der Waals surface area contributed by atoms with Gasteiger partial charge < -0.3 is 28.4 Å². The summed E-state index contributed by atoms with van der Waals surface area (Å²) in [4.78, 5) is 26.5. The van der Waals surface area contributed by atoms with Gasteiger partial charge in [-0.1, -0.05) is 6.07 Å². The van der Waals surface area contributed by atoms with Gasteiger partial charge >= 0.3 is 11.9 Å². The van der Waals surface area contributed by atoms with Crippen molar-refractivity contribution >= 4 is 24.1 Å². The Hall–Kier alpha value is -3.98. The Morgan fingerprint density at radius 2 is 1.74 bits per heavy atom. The van der Waals surface area contributed by atoms with Gasteiger partial charge in [-0.15, -0.1) is 0 Å². The summed E-state index contributed by atoms with van der Waals surface area (Å²) in [5.74, 6) is 1.24. The third-order valence-electron chi connectivity index (χ3n) is 5.11. The van der Waals surface area contributed by atoms with E-state index in [-0.39, 0.29) is 31.4 Å². The van der Waals surface area contributed by atoms with E-state index in [9.17, 15) is 9.59 Å². The molecule has 1 saturated heterocycles. The monoisotopic (exact) mass is 467 g/mol. The number of ether oxygens (including phenoxy) is 6. The van der Waals surface area contributed by atoms with E-state index in [2.05, 4.69) is 0 Å². The van der Waals surface area contributed by atoms with Gasteiger partial charge in [-0.25, -0.2) is 4.79 Å². The van der Waals surface area contributed by atoms with E-state index >= 15 is 0 Å². The van der Waals surface area contributed by atoms with Crippen LogP contribution in [0.1, 0.15) is 11.1 Å². The number of fused-ring (bicyclic) bond motifs is 1. The second-order valence-corrected chi connectivity index (χ2v) is 7.88. The van der Waals surface area contributed by atoms with E-state index in [1.165, 1.54) is 14.2 Å². The molecule has 0 spiro atoms. The Labute approximate surface area is 197 Å². The normalized spacial score (nSPS) is 16.8. The van der Waals surface area contributed by atoms with Gasteiger partial charge in [-0.05, 0) is 61.6 Å². The molecule has 9 heteroatoms. The van der Waals surface area contributed by atoms with Crippen molar-refractivity contribution in [2.75, 3.05) is 48.3 Å². The maximum absolute atomic E-state index is 12.5. The van der Waals surface area contributed by atoms with Crippen molar-refractivity contribution in [1.29, 1.82) is 0 Å². The van der Waals surface area contributed by atoms with Crippen LogP contribution in [0, 0.1) is 0 Å². The van der Waals surface area contributed by atoms with Crippen molar-refractivity contribution in [3.63, 3.8) is 0 Å². The number of likely N-dealkylation sites (N-methyl/N-ethyl adjacent to an activating group) is 1. The second kappa shape index (κ2) is 9.88. The molecule has 4 rings (SSSR count). The zero-order valence-corrected chi connectivity index (χ0v) is 19.4. The predicted octanol–water partition coefficient (Wildman–Crippen LogP) is 2.92. The van der Waals surface area contributed by atoms with Crippen LogP contribution in [-0.2, 0) is 14.3 Å². The summed E-state index contributed by atoms with van der Waals surface area (Å²) in [5, 5.41) is 0. The van der Waals surface area contributed by atoms with Gasteiger partial charge in [0.2, 0.25) is 12.5 Å². The number of rotatable bonds is 7. The predicted molar refractivity (Wildman–Crippen MR) is 123 cm³/mol. The van der Waals surface area contributed by atoms with Gasteiger partial charge in [0.05, 0.1) is 26.3 Å². The molecule has 0 aliphatic carbocycles. The maximum atomic E-state index is 12.5. The number of benzene rings is 2. The lowest BCUT2D eigenvalue weighted by Crippen LogP contribution is -2.25. The van der Waals surface area contributed by atoms with Gasteiger partial charge in [-0.2, -0.15) is 0 Å². The highest BCUT2D eigenvalue weighted by Gasteiger charge is 2.26. The fourth-order valence-corrected chi connectivity index (χ4v) is 3.59. The molecule has 2 aliphatic rings. The van der Waals surface area contributed by atoms with Crippen LogP contribution in [-0.4, -0.2) is 65.1 Å². The summed E-state index contributed by atoms with van der Waals surface area (Å²) in [6.45, 7) is 0.408. The molecule has 0 radical (unpaired) electrons. The number of cyclic esters (lactones) is 1. The summed E-state index contributed by atoms with van der Waals surface area (Å²) in [7, 11) is 6.47.